The number of amides is 1. The van der Waals surface area contributed by atoms with Crippen LogP contribution in [0.4, 0.5) is 0 Å². The zero-order chi connectivity index (χ0) is 12.8. The van der Waals surface area contributed by atoms with Gasteiger partial charge in [-0.05, 0) is 51.9 Å². The first-order chi connectivity index (χ1) is 8.75. The van der Waals surface area contributed by atoms with E-state index in [1.54, 1.807) is 0 Å². The fourth-order valence-electron chi connectivity index (χ4n) is 3.08. The highest BCUT2D eigenvalue weighted by Gasteiger charge is 2.23. The third-order valence-electron chi connectivity index (χ3n) is 4.42. The molecule has 18 heavy (non-hydrogen) atoms. The Kier molecular flexibility index (Phi) is 5.45. The first-order valence-electron chi connectivity index (χ1n) is 7.50. The number of nitrogens with two attached hydrogens (primary N) is 1. The Morgan fingerprint density at radius 1 is 0.889 bits per heavy atom. The van der Waals surface area contributed by atoms with Gasteiger partial charge in [0.15, 0.2) is 0 Å². The molecular formula is C14H27N3O. The summed E-state index contributed by atoms with van der Waals surface area (Å²) in [6, 6.07) is 0. The maximum atomic E-state index is 11.1. The zero-order valence-electron chi connectivity index (χ0n) is 11.4. The number of nitrogens with zero attached hydrogens (tertiary/aromatic N) is 2. The van der Waals surface area contributed by atoms with E-state index >= 15 is 0 Å². The summed E-state index contributed by atoms with van der Waals surface area (Å²) in [5, 5.41) is 0. The van der Waals surface area contributed by atoms with E-state index in [1.165, 1.54) is 45.3 Å². The second-order valence-corrected chi connectivity index (χ2v) is 5.77. The summed E-state index contributed by atoms with van der Waals surface area (Å²) in [6.45, 7) is 6.99. The summed E-state index contributed by atoms with van der Waals surface area (Å²) in [4.78, 5) is 16.2. The lowest BCUT2D eigenvalue weighted by Gasteiger charge is -2.32. The molecule has 4 nitrogen and oxygen atoms in total. The Labute approximate surface area is 110 Å². The monoisotopic (exact) mass is 253 g/mol. The third-order valence-corrected chi connectivity index (χ3v) is 4.42. The average Bonchev–Trinajstić information content (AvgIpc) is 2.65. The minimum absolute atomic E-state index is 0.109. The Morgan fingerprint density at radius 3 is 1.89 bits per heavy atom. The fraction of sp³-hybridized carbons (Fsp3) is 0.929. The van der Waals surface area contributed by atoms with Crippen LogP contribution in [0.5, 0.6) is 0 Å². The Bertz CT molecular complexity index is 254. The molecule has 0 atom stereocenters. The van der Waals surface area contributed by atoms with Crippen molar-refractivity contribution in [3.8, 4) is 0 Å². The predicted molar refractivity (Wildman–Crippen MR) is 73.3 cm³/mol. The maximum Gasteiger partial charge on any atom is 0.220 e. The van der Waals surface area contributed by atoms with Gasteiger partial charge in [-0.3, -0.25) is 4.79 Å². The lowest BCUT2D eigenvalue weighted by atomic mass is 9.96. The molecule has 2 N–H and O–H groups in total. The molecule has 0 unspecified atom stereocenters. The normalized spacial score (nSPS) is 24.9. The molecule has 0 radical (unpaired) electrons. The van der Waals surface area contributed by atoms with E-state index in [2.05, 4.69) is 9.80 Å². The van der Waals surface area contributed by atoms with Crippen molar-refractivity contribution in [1.29, 1.82) is 0 Å². The Hall–Kier alpha value is -0.610. The molecule has 2 fully saturated rings. The minimum Gasteiger partial charge on any atom is -0.369 e. The molecule has 104 valence electrons. The molecular weight excluding hydrogens is 226 g/mol. The van der Waals surface area contributed by atoms with Gasteiger partial charge in [-0.25, -0.2) is 0 Å². The third kappa shape index (κ3) is 4.25. The molecule has 0 aromatic carbocycles. The molecule has 1 amide bonds. The van der Waals surface area contributed by atoms with E-state index in [0.29, 0.717) is 0 Å². The molecule has 2 aliphatic rings. The van der Waals surface area contributed by atoms with E-state index in [1.807, 2.05) is 0 Å². The van der Waals surface area contributed by atoms with Crippen LogP contribution in [-0.2, 0) is 4.79 Å². The van der Waals surface area contributed by atoms with Gasteiger partial charge in [-0.15, -0.1) is 0 Å². The molecule has 0 saturated carbocycles. The summed E-state index contributed by atoms with van der Waals surface area (Å²) >= 11 is 0. The van der Waals surface area contributed by atoms with Crippen LogP contribution in [0.25, 0.3) is 0 Å². The van der Waals surface area contributed by atoms with Gasteiger partial charge in [-0.2, -0.15) is 0 Å². The van der Waals surface area contributed by atoms with Crippen LogP contribution >= 0.6 is 0 Å². The van der Waals surface area contributed by atoms with Crippen molar-refractivity contribution in [2.45, 2.75) is 38.5 Å². The van der Waals surface area contributed by atoms with Crippen LogP contribution < -0.4 is 5.73 Å². The highest BCUT2D eigenvalue weighted by atomic mass is 16.1. The van der Waals surface area contributed by atoms with Gasteiger partial charge in [0.1, 0.15) is 0 Å². The van der Waals surface area contributed by atoms with E-state index in [9.17, 15) is 4.79 Å². The summed E-state index contributed by atoms with van der Waals surface area (Å²) in [5.74, 6) is 0.0154. The summed E-state index contributed by atoms with van der Waals surface area (Å²) in [6.07, 6.45) is 7.44. The summed E-state index contributed by atoms with van der Waals surface area (Å²) < 4.78 is 0. The van der Waals surface area contributed by atoms with Crippen molar-refractivity contribution in [2.24, 2.45) is 11.7 Å². The molecule has 2 aliphatic heterocycles. The highest BCUT2D eigenvalue weighted by molar-refractivity contribution is 5.76. The molecule has 2 rings (SSSR count). The standard InChI is InChI=1S/C14H27N3O/c15-14(18)13-5-9-17(10-6-13)12-11-16-7-3-1-2-4-8-16/h13H,1-12H2,(H2,15,18). The SMILES string of the molecule is NC(=O)C1CCN(CCN2CCCCCC2)CC1. The second kappa shape index (κ2) is 7.10. The molecule has 0 spiro atoms. The summed E-state index contributed by atoms with van der Waals surface area (Å²) in [5.41, 5.74) is 5.36. The van der Waals surface area contributed by atoms with Crippen LogP contribution in [0, 0.1) is 5.92 Å². The molecule has 4 heteroatoms. The van der Waals surface area contributed by atoms with Gasteiger partial charge in [0.25, 0.3) is 0 Å². The first-order valence-corrected chi connectivity index (χ1v) is 7.50. The minimum atomic E-state index is -0.109. The quantitative estimate of drug-likeness (QED) is 0.815. The lowest BCUT2D eigenvalue weighted by molar-refractivity contribution is -0.123. The van der Waals surface area contributed by atoms with Crippen molar-refractivity contribution in [3.63, 3.8) is 0 Å². The topological polar surface area (TPSA) is 49.6 Å². The van der Waals surface area contributed by atoms with E-state index in [0.717, 1.165) is 32.5 Å². The predicted octanol–water partition coefficient (Wildman–Crippen LogP) is 1.06. The van der Waals surface area contributed by atoms with Gasteiger partial charge in [0.05, 0.1) is 0 Å². The zero-order valence-corrected chi connectivity index (χ0v) is 11.4. The number of primary amides is 1. The van der Waals surface area contributed by atoms with Crippen molar-refractivity contribution in [3.05, 3.63) is 0 Å². The van der Waals surface area contributed by atoms with Gasteiger partial charge in [0.2, 0.25) is 5.91 Å². The average molecular weight is 253 g/mol. The van der Waals surface area contributed by atoms with Crippen molar-refractivity contribution in [1.82, 2.24) is 9.80 Å². The van der Waals surface area contributed by atoms with Crippen molar-refractivity contribution >= 4 is 5.91 Å². The number of rotatable bonds is 4. The number of hydrogen-bond acceptors (Lipinski definition) is 3. The lowest BCUT2D eigenvalue weighted by Crippen LogP contribution is -2.42. The Balaban J connectivity index is 1.64. The number of carbonyl (C=O) groups is 1. The van der Waals surface area contributed by atoms with Gasteiger partial charge in [-0.1, -0.05) is 12.8 Å². The molecule has 2 heterocycles. The molecule has 0 aromatic heterocycles. The number of likely N-dealkylation sites (tertiary alicyclic amines) is 2. The Morgan fingerprint density at radius 2 is 1.39 bits per heavy atom. The van der Waals surface area contributed by atoms with Crippen molar-refractivity contribution < 1.29 is 4.79 Å². The number of hydrogen-bond donors (Lipinski definition) is 1. The van der Waals surface area contributed by atoms with Gasteiger partial charge < -0.3 is 15.5 Å². The van der Waals surface area contributed by atoms with E-state index in [4.69, 9.17) is 5.73 Å². The largest absolute Gasteiger partial charge is 0.369 e. The van der Waals surface area contributed by atoms with Crippen LogP contribution in [0.1, 0.15) is 38.5 Å². The molecule has 2 saturated heterocycles. The molecule has 0 bridgehead atoms. The first kappa shape index (κ1) is 13.8. The van der Waals surface area contributed by atoms with Crippen LogP contribution in [0.2, 0.25) is 0 Å². The van der Waals surface area contributed by atoms with Gasteiger partial charge in [0, 0.05) is 19.0 Å². The maximum absolute atomic E-state index is 11.1. The van der Waals surface area contributed by atoms with E-state index < -0.39 is 0 Å². The fourth-order valence-corrected chi connectivity index (χ4v) is 3.08. The van der Waals surface area contributed by atoms with Crippen LogP contribution in [-0.4, -0.2) is 55.0 Å². The van der Waals surface area contributed by atoms with Crippen LogP contribution in [0.3, 0.4) is 0 Å². The number of piperidine rings is 1. The van der Waals surface area contributed by atoms with Crippen molar-refractivity contribution in [2.75, 3.05) is 39.3 Å². The second-order valence-electron chi connectivity index (χ2n) is 5.77. The van der Waals surface area contributed by atoms with Gasteiger partial charge >= 0.3 is 0 Å². The molecule has 0 aliphatic carbocycles. The van der Waals surface area contributed by atoms with E-state index in [-0.39, 0.29) is 11.8 Å². The number of carbonyl (C=O) groups excluding carboxylic acids is 1. The summed E-state index contributed by atoms with van der Waals surface area (Å²) in [7, 11) is 0. The van der Waals surface area contributed by atoms with Crippen LogP contribution in [0.15, 0.2) is 0 Å². The smallest absolute Gasteiger partial charge is 0.220 e. The highest BCUT2D eigenvalue weighted by Crippen LogP contribution is 2.16. The molecule has 0 aromatic rings.